The molecule has 0 aliphatic carbocycles. The third-order valence-electron chi connectivity index (χ3n) is 2.46. The Morgan fingerprint density at radius 3 is 2.47 bits per heavy atom. The minimum Gasteiger partial charge on any atom is -0.211 e. The SMILES string of the molecule is C=CCCCCNS(=O)(=O)c1ccc(C)cc1. The first kappa shape index (κ1) is 13.9. The molecule has 1 aromatic carbocycles. The van der Waals surface area contributed by atoms with Gasteiger partial charge in [0.15, 0.2) is 0 Å². The molecule has 0 radical (unpaired) electrons. The van der Waals surface area contributed by atoms with Crippen molar-refractivity contribution in [2.75, 3.05) is 6.54 Å². The number of hydrogen-bond acceptors (Lipinski definition) is 2. The smallest absolute Gasteiger partial charge is 0.211 e. The van der Waals surface area contributed by atoms with Crippen molar-refractivity contribution in [3.05, 3.63) is 42.5 Å². The molecule has 0 bridgehead atoms. The van der Waals surface area contributed by atoms with Crippen LogP contribution >= 0.6 is 0 Å². The summed E-state index contributed by atoms with van der Waals surface area (Å²) in [4.78, 5) is 0.326. The molecule has 17 heavy (non-hydrogen) atoms. The molecule has 94 valence electrons. The molecule has 1 rings (SSSR count). The Morgan fingerprint density at radius 2 is 1.88 bits per heavy atom. The fourth-order valence-corrected chi connectivity index (χ4v) is 2.50. The Morgan fingerprint density at radius 1 is 1.24 bits per heavy atom. The van der Waals surface area contributed by atoms with Crippen molar-refractivity contribution < 1.29 is 8.42 Å². The van der Waals surface area contributed by atoms with Gasteiger partial charge in [-0.2, -0.15) is 0 Å². The maximum Gasteiger partial charge on any atom is 0.240 e. The zero-order valence-corrected chi connectivity index (χ0v) is 11.0. The van der Waals surface area contributed by atoms with E-state index in [1.807, 2.05) is 13.0 Å². The minimum atomic E-state index is -3.34. The van der Waals surface area contributed by atoms with Crippen molar-refractivity contribution in [2.24, 2.45) is 0 Å². The maximum absolute atomic E-state index is 11.8. The van der Waals surface area contributed by atoms with Crippen LogP contribution in [0.1, 0.15) is 24.8 Å². The predicted molar refractivity (Wildman–Crippen MR) is 70.4 cm³/mol. The molecule has 0 fully saturated rings. The summed E-state index contributed by atoms with van der Waals surface area (Å²) in [5.41, 5.74) is 1.05. The summed E-state index contributed by atoms with van der Waals surface area (Å²) in [6, 6.07) is 6.85. The molecule has 0 aromatic heterocycles. The predicted octanol–water partition coefficient (Wildman–Crippen LogP) is 2.63. The molecule has 0 unspecified atom stereocenters. The van der Waals surface area contributed by atoms with Crippen LogP contribution in [0.4, 0.5) is 0 Å². The normalized spacial score (nSPS) is 11.4. The van der Waals surface area contributed by atoms with Crippen LogP contribution in [0.3, 0.4) is 0 Å². The molecule has 0 spiro atoms. The van der Waals surface area contributed by atoms with E-state index in [1.54, 1.807) is 24.3 Å². The lowest BCUT2D eigenvalue weighted by Crippen LogP contribution is -2.24. The lowest BCUT2D eigenvalue weighted by Gasteiger charge is -2.06. The molecule has 4 heteroatoms. The number of rotatable bonds is 7. The van der Waals surface area contributed by atoms with Gasteiger partial charge in [-0.25, -0.2) is 13.1 Å². The molecule has 3 nitrogen and oxygen atoms in total. The van der Waals surface area contributed by atoms with E-state index in [-0.39, 0.29) is 0 Å². The van der Waals surface area contributed by atoms with Gasteiger partial charge < -0.3 is 0 Å². The molecule has 1 aromatic rings. The average molecular weight is 253 g/mol. The van der Waals surface area contributed by atoms with Gasteiger partial charge in [-0.1, -0.05) is 23.8 Å². The second-order valence-corrected chi connectivity index (χ2v) is 5.76. The van der Waals surface area contributed by atoms with Crippen LogP contribution in [0, 0.1) is 6.92 Å². The molecule has 0 aliphatic rings. The number of unbranched alkanes of at least 4 members (excludes halogenated alkanes) is 2. The Hall–Kier alpha value is -1.13. The van der Waals surface area contributed by atoms with E-state index < -0.39 is 10.0 Å². The maximum atomic E-state index is 11.8. The molecule has 1 N–H and O–H groups in total. The highest BCUT2D eigenvalue weighted by Crippen LogP contribution is 2.09. The van der Waals surface area contributed by atoms with Gasteiger partial charge in [0.05, 0.1) is 4.90 Å². The zero-order chi connectivity index (χ0) is 12.7. The molecule has 0 heterocycles. The summed E-state index contributed by atoms with van der Waals surface area (Å²) in [5.74, 6) is 0. The Labute approximate surface area is 104 Å². The highest BCUT2D eigenvalue weighted by molar-refractivity contribution is 7.89. The Balaban J connectivity index is 2.51. The van der Waals surface area contributed by atoms with Crippen molar-refractivity contribution >= 4 is 10.0 Å². The van der Waals surface area contributed by atoms with Gasteiger partial charge in [0.1, 0.15) is 0 Å². The molecule has 0 amide bonds. The first-order valence-corrected chi connectivity index (χ1v) is 7.22. The quantitative estimate of drug-likeness (QED) is 0.600. The number of benzene rings is 1. The molecule has 0 atom stereocenters. The lowest BCUT2D eigenvalue weighted by atomic mass is 10.2. The van der Waals surface area contributed by atoms with Crippen molar-refractivity contribution in [3.8, 4) is 0 Å². The molecular formula is C13H19NO2S. The van der Waals surface area contributed by atoms with Gasteiger partial charge in [0.2, 0.25) is 10.0 Å². The van der Waals surface area contributed by atoms with Gasteiger partial charge in [0, 0.05) is 6.54 Å². The van der Waals surface area contributed by atoms with Gasteiger partial charge in [-0.3, -0.25) is 0 Å². The van der Waals surface area contributed by atoms with Crippen LogP contribution < -0.4 is 4.72 Å². The van der Waals surface area contributed by atoms with E-state index in [4.69, 9.17) is 0 Å². The van der Waals surface area contributed by atoms with Crippen LogP contribution in [-0.2, 0) is 10.0 Å². The van der Waals surface area contributed by atoms with Crippen molar-refractivity contribution in [1.82, 2.24) is 4.72 Å². The minimum absolute atomic E-state index is 0.326. The molecule has 0 saturated heterocycles. The van der Waals surface area contributed by atoms with Crippen molar-refractivity contribution in [3.63, 3.8) is 0 Å². The summed E-state index contributed by atoms with van der Waals surface area (Å²) < 4.78 is 26.3. The monoisotopic (exact) mass is 253 g/mol. The number of sulfonamides is 1. The van der Waals surface area contributed by atoms with Crippen LogP contribution in [0.5, 0.6) is 0 Å². The number of aryl methyl sites for hydroxylation is 1. The summed E-state index contributed by atoms with van der Waals surface area (Å²) in [7, 11) is -3.34. The van der Waals surface area contributed by atoms with E-state index in [0.29, 0.717) is 11.4 Å². The van der Waals surface area contributed by atoms with Crippen LogP contribution in [-0.4, -0.2) is 15.0 Å². The highest BCUT2D eigenvalue weighted by Gasteiger charge is 2.11. The second kappa shape index (κ2) is 6.57. The van der Waals surface area contributed by atoms with Gasteiger partial charge in [-0.05, 0) is 38.3 Å². The highest BCUT2D eigenvalue weighted by atomic mass is 32.2. The lowest BCUT2D eigenvalue weighted by molar-refractivity contribution is 0.577. The van der Waals surface area contributed by atoms with E-state index >= 15 is 0 Å². The first-order valence-electron chi connectivity index (χ1n) is 5.73. The molecule has 0 saturated carbocycles. The van der Waals surface area contributed by atoms with Gasteiger partial charge in [-0.15, -0.1) is 6.58 Å². The molecule has 0 aliphatic heterocycles. The average Bonchev–Trinajstić information content (AvgIpc) is 2.29. The third kappa shape index (κ3) is 4.71. The van der Waals surface area contributed by atoms with E-state index in [9.17, 15) is 8.42 Å². The van der Waals surface area contributed by atoms with Gasteiger partial charge in [0.25, 0.3) is 0 Å². The number of allylic oxidation sites excluding steroid dienone is 1. The fraction of sp³-hybridized carbons (Fsp3) is 0.385. The van der Waals surface area contributed by atoms with Crippen molar-refractivity contribution in [2.45, 2.75) is 31.1 Å². The van der Waals surface area contributed by atoms with Crippen LogP contribution in [0.15, 0.2) is 41.8 Å². The zero-order valence-electron chi connectivity index (χ0n) is 10.1. The van der Waals surface area contributed by atoms with Crippen molar-refractivity contribution in [1.29, 1.82) is 0 Å². The Bertz CT molecular complexity index is 449. The first-order chi connectivity index (χ1) is 8.06. The standard InChI is InChI=1S/C13H19NO2S/c1-3-4-5-6-11-14-17(15,16)13-9-7-12(2)8-10-13/h3,7-10,14H,1,4-6,11H2,2H3. The second-order valence-electron chi connectivity index (χ2n) is 4.00. The van der Waals surface area contributed by atoms with E-state index in [0.717, 1.165) is 24.8 Å². The number of nitrogens with one attached hydrogen (secondary N) is 1. The topological polar surface area (TPSA) is 46.2 Å². The summed E-state index contributed by atoms with van der Waals surface area (Å²) in [6.45, 7) is 6.03. The van der Waals surface area contributed by atoms with E-state index in [1.165, 1.54) is 0 Å². The van der Waals surface area contributed by atoms with Gasteiger partial charge >= 0.3 is 0 Å². The van der Waals surface area contributed by atoms with Crippen LogP contribution in [0.25, 0.3) is 0 Å². The Kier molecular flexibility index (Phi) is 5.38. The van der Waals surface area contributed by atoms with Crippen LogP contribution in [0.2, 0.25) is 0 Å². The van der Waals surface area contributed by atoms with E-state index in [2.05, 4.69) is 11.3 Å². The third-order valence-corrected chi connectivity index (χ3v) is 3.94. The molecular weight excluding hydrogens is 234 g/mol. The summed E-state index contributed by atoms with van der Waals surface area (Å²) in [6.07, 6.45) is 4.55. The largest absolute Gasteiger partial charge is 0.240 e. The number of hydrogen-bond donors (Lipinski definition) is 1. The summed E-state index contributed by atoms with van der Waals surface area (Å²) >= 11 is 0. The fourth-order valence-electron chi connectivity index (χ4n) is 1.42. The summed E-state index contributed by atoms with van der Waals surface area (Å²) in [5, 5.41) is 0.